The summed E-state index contributed by atoms with van der Waals surface area (Å²) in [7, 11) is -2.06. The lowest BCUT2D eigenvalue weighted by atomic mass is 10.1. The Balaban J connectivity index is 1.79. The second kappa shape index (κ2) is 7.00. The van der Waals surface area contributed by atoms with Gasteiger partial charge in [0.2, 0.25) is 10.0 Å². The molecule has 9 heteroatoms. The minimum atomic E-state index is -3.59. The summed E-state index contributed by atoms with van der Waals surface area (Å²) in [6.07, 6.45) is 2.02. The van der Waals surface area contributed by atoms with Crippen molar-refractivity contribution in [2.45, 2.75) is 24.2 Å². The lowest BCUT2D eigenvalue weighted by Gasteiger charge is -2.17. The van der Waals surface area contributed by atoms with Gasteiger partial charge >= 0.3 is 0 Å². The smallest absolute Gasteiger partial charge is 0.252 e. The number of sulfonamides is 1. The lowest BCUT2D eigenvalue weighted by Crippen LogP contribution is -2.28. The molecule has 1 fully saturated rings. The van der Waals surface area contributed by atoms with Gasteiger partial charge in [0.25, 0.3) is 5.91 Å². The first kappa shape index (κ1) is 18.3. The molecule has 1 aromatic heterocycles. The molecule has 1 aliphatic rings. The van der Waals surface area contributed by atoms with Crippen molar-refractivity contribution in [3.05, 3.63) is 47.5 Å². The number of carbonyl (C=O) groups excluding carboxylic acids is 1. The third-order valence-electron chi connectivity index (χ3n) is 4.48. The van der Waals surface area contributed by atoms with Gasteiger partial charge < -0.3 is 10.5 Å². The number of hydrogen-bond donors (Lipinski definition) is 1. The Bertz CT molecular complexity index is 928. The van der Waals surface area contributed by atoms with E-state index in [0.717, 1.165) is 0 Å². The highest BCUT2D eigenvalue weighted by atomic mass is 32.2. The minimum absolute atomic E-state index is 0.122. The fourth-order valence-electron chi connectivity index (χ4n) is 2.98. The van der Waals surface area contributed by atoms with E-state index in [4.69, 9.17) is 10.5 Å². The van der Waals surface area contributed by atoms with Crippen LogP contribution in [-0.4, -0.2) is 48.8 Å². The molecule has 138 valence electrons. The highest BCUT2D eigenvalue weighted by molar-refractivity contribution is 7.89. The number of methoxy groups -OCH3 is 1. The summed E-state index contributed by atoms with van der Waals surface area (Å²) in [6, 6.07) is 6.30. The van der Waals surface area contributed by atoms with E-state index in [1.54, 1.807) is 19.1 Å². The van der Waals surface area contributed by atoms with E-state index in [9.17, 15) is 13.2 Å². The Labute approximate surface area is 152 Å². The van der Waals surface area contributed by atoms with Gasteiger partial charge in [0, 0.05) is 25.2 Å². The van der Waals surface area contributed by atoms with E-state index < -0.39 is 15.9 Å². The summed E-state index contributed by atoms with van der Waals surface area (Å²) < 4.78 is 32.1. The normalized spacial score (nSPS) is 18.0. The van der Waals surface area contributed by atoms with Crippen molar-refractivity contribution in [3.8, 4) is 5.75 Å². The molecule has 26 heavy (non-hydrogen) atoms. The number of nitrogens with two attached hydrogens (primary N) is 1. The first-order valence-corrected chi connectivity index (χ1v) is 9.54. The van der Waals surface area contributed by atoms with Crippen LogP contribution in [0.2, 0.25) is 0 Å². The minimum Gasteiger partial charge on any atom is -0.497 e. The van der Waals surface area contributed by atoms with Gasteiger partial charge in [-0.25, -0.2) is 18.4 Å². The van der Waals surface area contributed by atoms with Crippen LogP contribution in [0.25, 0.3) is 0 Å². The molecule has 1 atom stereocenters. The third kappa shape index (κ3) is 3.40. The zero-order valence-electron chi connectivity index (χ0n) is 14.5. The Morgan fingerprint density at radius 3 is 2.58 bits per heavy atom. The molecule has 0 saturated carbocycles. The highest BCUT2D eigenvalue weighted by Gasteiger charge is 2.34. The number of ether oxygens (including phenoxy) is 1. The maximum absolute atomic E-state index is 12.8. The first-order chi connectivity index (χ1) is 12.3. The number of benzene rings is 1. The summed E-state index contributed by atoms with van der Waals surface area (Å²) in [5, 5.41) is 0. The fourth-order valence-corrected chi connectivity index (χ4v) is 4.48. The van der Waals surface area contributed by atoms with Crippen LogP contribution in [0.3, 0.4) is 0 Å². The predicted molar refractivity (Wildman–Crippen MR) is 94.4 cm³/mol. The molecule has 8 nitrogen and oxygen atoms in total. The summed E-state index contributed by atoms with van der Waals surface area (Å²) >= 11 is 0. The van der Waals surface area contributed by atoms with Crippen LogP contribution in [0, 0.1) is 6.92 Å². The van der Waals surface area contributed by atoms with Crippen molar-refractivity contribution in [1.82, 2.24) is 14.3 Å². The Morgan fingerprint density at radius 1 is 1.31 bits per heavy atom. The van der Waals surface area contributed by atoms with Crippen LogP contribution in [0.5, 0.6) is 5.75 Å². The molecule has 0 aliphatic carbocycles. The molecule has 0 bridgehead atoms. The standard InChI is InChI=1S/C17H20N4O4S/c1-11-15(16(18)22)9-19-17(20-11)12-7-8-21(10-12)26(23,24)14-5-3-13(25-2)4-6-14/h3-6,9,12H,7-8,10H2,1-2H3,(H2,18,22)/t12-/m0/s1. The van der Waals surface area contributed by atoms with Crippen LogP contribution in [0.15, 0.2) is 35.4 Å². The number of aromatic nitrogens is 2. The van der Waals surface area contributed by atoms with Gasteiger partial charge in [-0.15, -0.1) is 0 Å². The third-order valence-corrected chi connectivity index (χ3v) is 6.36. The van der Waals surface area contributed by atoms with E-state index in [1.165, 1.54) is 29.7 Å². The molecule has 2 N–H and O–H groups in total. The van der Waals surface area contributed by atoms with E-state index in [-0.39, 0.29) is 16.4 Å². The molecular weight excluding hydrogens is 356 g/mol. The van der Waals surface area contributed by atoms with Crippen LogP contribution in [0.1, 0.15) is 34.2 Å². The second-order valence-electron chi connectivity index (χ2n) is 6.12. The van der Waals surface area contributed by atoms with Crippen molar-refractivity contribution >= 4 is 15.9 Å². The van der Waals surface area contributed by atoms with E-state index in [0.29, 0.717) is 36.8 Å². The highest BCUT2D eigenvalue weighted by Crippen LogP contribution is 2.30. The van der Waals surface area contributed by atoms with E-state index in [1.807, 2.05) is 0 Å². The van der Waals surface area contributed by atoms with Gasteiger partial charge in [0.05, 0.1) is 23.3 Å². The van der Waals surface area contributed by atoms with Crippen molar-refractivity contribution in [1.29, 1.82) is 0 Å². The molecule has 3 rings (SSSR count). The first-order valence-electron chi connectivity index (χ1n) is 8.10. The number of carbonyl (C=O) groups is 1. The van der Waals surface area contributed by atoms with Crippen LogP contribution < -0.4 is 10.5 Å². The summed E-state index contributed by atoms with van der Waals surface area (Å²) in [5.74, 6) is 0.425. The molecule has 0 spiro atoms. The molecule has 1 aromatic carbocycles. The number of amides is 1. The molecule has 0 radical (unpaired) electrons. The molecule has 1 aliphatic heterocycles. The lowest BCUT2D eigenvalue weighted by molar-refractivity contribution is 0.0999. The predicted octanol–water partition coefficient (Wildman–Crippen LogP) is 1.07. The van der Waals surface area contributed by atoms with Crippen LogP contribution >= 0.6 is 0 Å². The molecule has 1 amide bonds. The SMILES string of the molecule is COc1ccc(S(=O)(=O)N2CC[C@H](c3ncc(C(N)=O)c(C)n3)C2)cc1. The fraction of sp³-hybridized carbons (Fsp3) is 0.353. The monoisotopic (exact) mass is 376 g/mol. The van der Waals surface area contributed by atoms with Gasteiger partial charge in [-0.3, -0.25) is 4.79 Å². The van der Waals surface area contributed by atoms with Gasteiger partial charge in [-0.2, -0.15) is 4.31 Å². The van der Waals surface area contributed by atoms with Crippen molar-refractivity contribution in [2.75, 3.05) is 20.2 Å². The zero-order valence-corrected chi connectivity index (χ0v) is 15.4. The maximum Gasteiger partial charge on any atom is 0.252 e. The second-order valence-corrected chi connectivity index (χ2v) is 8.05. The largest absolute Gasteiger partial charge is 0.497 e. The number of hydrogen-bond acceptors (Lipinski definition) is 6. The molecule has 2 heterocycles. The Hall–Kier alpha value is -2.52. The maximum atomic E-state index is 12.8. The van der Waals surface area contributed by atoms with E-state index >= 15 is 0 Å². The number of rotatable bonds is 5. The molecular formula is C17H20N4O4S. The Kier molecular flexibility index (Phi) is 4.92. The van der Waals surface area contributed by atoms with Gasteiger partial charge in [0.1, 0.15) is 11.6 Å². The average molecular weight is 376 g/mol. The van der Waals surface area contributed by atoms with Gasteiger partial charge in [-0.1, -0.05) is 0 Å². The summed E-state index contributed by atoms with van der Waals surface area (Å²) in [5.41, 5.74) is 6.04. The zero-order chi connectivity index (χ0) is 18.9. The molecule has 1 saturated heterocycles. The quantitative estimate of drug-likeness (QED) is 0.834. The van der Waals surface area contributed by atoms with Crippen molar-refractivity contribution < 1.29 is 17.9 Å². The topological polar surface area (TPSA) is 115 Å². The molecule has 0 unspecified atom stereocenters. The average Bonchev–Trinajstić information content (AvgIpc) is 3.12. The summed E-state index contributed by atoms with van der Waals surface area (Å²) in [4.78, 5) is 20.1. The van der Waals surface area contributed by atoms with E-state index in [2.05, 4.69) is 9.97 Å². The van der Waals surface area contributed by atoms with Crippen LogP contribution in [0.4, 0.5) is 0 Å². The summed E-state index contributed by atoms with van der Waals surface area (Å²) in [6.45, 7) is 2.37. The van der Waals surface area contributed by atoms with Crippen LogP contribution in [-0.2, 0) is 10.0 Å². The number of primary amides is 1. The van der Waals surface area contributed by atoms with Gasteiger partial charge in [0.15, 0.2) is 0 Å². The number of nitrogens with zero attached hydrogens (tertiary/aromatic N) is 3. The van der Waals surface area contributed by atoms with Crippen molar-refractivity contribution in [3.63, 3.8) is 0 Å². The van der Waals surface area contributed by atoms with Gasteiger partial charge in [-0.05, 0) is 37.6 Å². The Morgan fingerprint density at radius 2 is 2.00 bits per heavy atom. The number of aryl methyl sites for hydroxylation is 1. The molecule has 2 aromatic rings. The van der Waals surface area contributed by atoms with Crippen molar-refractivity contribution in [2.24, 2.45) is 5.73 Å².